The van der Waals surface area contributed by atoms with Gasteiger partial charge in [-0.05, 0) is 46.3 Å². The van der Waals surface area contributed by atoms with E-state index in [1.54, 1.807) is 30.3 Å². The molecule has 0 aliphatic heterocycles. The third-order valence-electron chi connectivity index (χ3n) is 2.58. The van der Waals surface area contributed by atoms with E-state index >= 15 is 0 Å². The molecular formula is C14H9BrF3NO. The Morgan fingerprint density at radius 2 is 1.70 bits per heavy atom. The van der Waals surface area contributed by atoms with Crippen molar-refractivity contribution in [3.63, 3.8) is 0 Å². The second-order valence-electron chi connectivity index (χ2n) is 4.01. The van der Waals surface area contributed by atoms with Gasteiger partial charge in [0.15, 0.2) is 0 Å². The van der Waals surface area contributed by atoms with Crippen LogP contribution >= 0.6 is 15.9 Å². The fourth-order valence-electron chi connectivity index (χ4n) is 1.58. The molecule has 0 atom stereocenters. The number of carbonyl (C=O) groups is 1. The third-order valence-corrected chi connectivity index (χ3v) is 3.27. The van der Waals surface area contributed by atoms with Gasteiger partial charge in [0, 0.05) is 10.0 Å². The summed E-state index contributed by atoms with van der Waals surface area (Å²) in [6.07, 6.45) is -4.45. The molecule has 2 aromatic rings. The minimum Gasteiger partial charge on any atom is -0.321 e. The molecule has 0 heterocycles. The molecule has 20 heavy (non-hydrogen) atoms. The number of benzene rings is 2. The molecule has 2 rings (SSSR count). The Morgan fingerprint density at radius 3 is 2.30 bits per heavy atom. The zero-order chi connectivity index (χ0) is 14.8. The summed E-state index contributed by atoms with van der Waals surface area (Å²) in [6, 6.07) is 11.4. The highest BCUT2D eigenvalue weighted by Crippen LogP contribution is 2.34. The van der Waals surface area contributed by atoms with Crippen molar-refractivity contribution in [2.75, 3.05) is 5.32 Å². The lowest BCUT2D eigenvalue weighted by Crippen LogP contribution is -2.13. The minimum atomic E-state index is -4.45. The maximum atomic E-state index is 12.6. The molecule has 0 bridgehead atoms. The quantitative estimate of drug-likeness (QED) is 0.839. The van der Waals surface area contributed by atoms with E-state index in [-0.39, 0.29) is 5.69 Å². The van der Waals surface area contributed by atoms with Crippen molar-refractivity contribution in [2.45, 2.75) is 6.18 Å². The number of halogens is 4. The van der Waals surface area contributed by atoms with Gasteiger partial charge in [0.2, 0.25) is 0 Å². The van der Waals surface area contributed by atoms with E-state index in [2.05, 4.69) is 21.2 Å². The number of anilines is 1. The first-order chi connectivity index (χ1) is 9.38. The van der Waals surface area contributed by atoms with Crippen LogP contribution in [0.25, 0.3) is 0 Å². The van der Waals surface area contributed by atoms with Crippen LogP contribution in [0.3, 0.4) is 0 Å². The van der Waals surface area contributed by atoms with Gasteiger partial charge >= 0.3 is 6.18 Å². The molecule has 0 unspecified atom stereocenters. The molecule has 0 fully saturated rings. The SMILES string of the molecule is O=C(Nc1cc(C(F)(F)F)ccc1Br)c1ccccc1. The van der Waals surface area contributed by atoms with E-state index in [1.165, 1.54) is 6.07 Å². The lowest BCUT2D eigenvalue weighted by Gasteiger charge is -2.11. The van der Waals surface area contributed by atoms with Crippen LogP contribution in [0.5, 0.6) is 0 Å². The normalized spacial score (nSPS) is 11.2. The van der Waals surface area contributed by atoms with Crippen molar-refractivity contribution in [3.8, 4) is 0 Å². The lowest BCUT2D eigenvalue weighted by molar-refractivity contribution is -0.137. The first-order valence-electron chi connectivity index (χ1n) is 5.61. The number of hydrogen-bond acceptors (Lipinski definition) is 1. The van der Waals surface area contributed by atoms with Crippen molar-refractivity contribution in [1.82, 2.24) is 0 Å². The maximum absolute atomic E-state index is 12.6. The molecule has 0 saturated heterocycles. The van der Waals surface area contributed by atoms with Crippen molar-refractivity contribution >= 4 is 27.5 Å². The molecule has 0 radical (unpaired) electrons. The Bertz CT molecular complexity index is 626. The second-order valence-corrected chi connectivity index (χ2v) is 4.87. The van der Waals surface area contributed by atoms with E-state index in [4.69, 9.17) is 0 Å². The van der Waals surface area contributed by atoms with Gasteiger partial charge < -0.3 is 5.32 Å². The molecule has 1 amide bonds. The predicted octanol–water partition coefficient (Wildman–Crippen LogP) is 4.72. The first kappa shape index (κ1) is 14.6. The van der Waals surface area contributed by atoms with Crippen LogP contribution in [0.15, 0.2) is 53.0 Å². The Morgan fingerprint density at radius 1 is 1.05 bits per heavy atom. The van der Waals surface area contributed by atoms with E-state index in [9.17, 15) is 18.0 Å². The highest BCUT2D eigenvalue weighted by molar-refractivity contribution is 9.10. The van der Waals surface area contributed by atoms with Crippen LogP contribution in [-0.2, 0) is 6.18 Å². The lowest BCUT2D eigenvalue weighted by atomic mass is 10.1. The van der Waals surface area contributed by atoms with Gasteiger partial charge in [0.25, 0.3) is 5.91 Å². The topological polar surface area (TPSA) is 29.1 Å². The van der Waals surface area contributed by atoms with E-state index in [1.807, 2.05) is 0 Å². The zero-order valence-electron chi connectivity index (χ0n) is 10.0. The molecule has 0 spiro atoms. The Kier molecular flexibility index (Phi) is 4.13. The molecule has 104 valence electrons. The van der Waals surface area contributed by atoms with Gasteiger partial charge in [0.1, 0.15) is 0 Å². The standard InChI is InChI=1S/C14H9BrF3NO/c15-11-7-6-10(14(16,17)18)8-12(11)19-13(20)9-4-2-1-3-5-9/h1-8H,(H,19,20). The van der Waals surface area contributed by atoms with E-state index < -0.39 is 17.6 Å². The minimum absolute atomic E-state index is 0.0775. The second kappa shape index (κ2) is 5.66. The van der Waals surface area contributed by atoms with Crippen molar-refractivity contribution in [1.29, 1.82) is 0 Å². The molecular weight excluding hydrogens is 335 g/mol. The van der Waals surface area contributed by atoms with E-state index in [0.717, 1.165) is 12.1 Å². The molecule has 2 aromatic carbocycles. The van der Waals surface area contributed by atoms with Crippen LogP contribution in [0, 0.1) is 0 Å². The number of rotatable bonds is 2. The highest BCUT2D eigenvalue weighted by atomic mass is 79.9. The predicted molar refractivity (Wildman–Crippen MR) is 73.5 cm³/mol. The van der Waals surface area contributed by atoms with E-state index in [0.29, 0.717) is 10.0 Å². The summed E-state index contributed by atoms with van der Waals surface area (Å²) < 4.78 is 38.3. The number of carbonyl (C=O) groups excluding carboxylic acids is 1. The molecule has 0 aromatic heterocycles. The number of hydrogen-bond donors (Lipinski definition) is 1. The van der Waals surface area contributed by atoms with Gasteiger partial charge in [0.05, 0.1) is 11.3 Å². The van der Waals surface area contributed by atoms with Gasteiger partial charge in [-0.3, -0.25) is 4.79 Å². The van der Waals surface area contributed by atoms with Crippen molar-refractivity contribution in [3.05, 3.63) is 64.1 Å². The number of alkyl halides is 3. The number of amides is 1. The summed E-state index contributed by atoms with van der Waals surface area (Å²) in [7, 11) is 0. The average Bonchev–Trinajstić information content (AvgIpc) is 2.41. The first-order valence-corrected chi connectivity index (χ1v) is 6.40. The van der Waals surface area contributed by atoms with Gasteiger partial charge in [-0.1, -0.05) is 18.2 Å². The molecule has 0 saturated carbocycles. The molecule has 2 nitrogen and oxygen atoms in total. The zero-order valence-corrected chi connectivity index (χ0v) is 11.6. The third kappa shape index (κ3) is 3.39. The van der Waals surface area contributed by atoms with Gasteiger partial charge in [-0.15, -0.1) is 0 Å². The summed E-state index contributed by atoms with van der Waals surface area (Å²) in [5.74, 6) is -0.467. The smallest absolute Gasteiger partial charge is 0.321 e. The van der Waals surface area contributed by atoms with Gasteiger partial charge in [-0.25, -0.2) is 0 Å². The summed E-state index contributed by atoms with van der Waals surface area (Å²) >= 11 is 3.12. The van der Waals surface area contributed by atoms with Crippen LogP contribution < -0.4 is 5.32 Å². The van der Waals surface area contributed by atoms with Crippen LogP contribution in [0.4, 0.5) is 18.9 Å². The largest absolute Gasteiger partial charge is 0.416 e. The van der Waals surface area contributed by atoms with Crippen molar-refractivity contribution < 1.29 is 18.0 Å². The average molecular weight is 344 g/mol. The van der Waals surface area contributed by atoms with Crippen LogP contribution in [-0.4, -0.2) is 5.91 Å². The molecule has 0 aliphatic carbocycles. The summed E-state index contributed by atoms with van der Waals surface area (Å²) in [4.78, 5) is 11.9. The fraction of sp³-hybridized carbons (Fsp3) is 0.0714. The Hall–Kier alpha value is -1.82. The monoisotopic (exact) mass is 343 g/mol. The van der Waals surface area contributed by atoms with Gasteiger partial charge in [-0.2, -0.15) is 13.2 Å². The van der Waals surface area contributed by atoms with Crippen LogP contribution in [0.2, 0.25) is 0 Å². The summed E-state index contributed by atoms with van der Waals surface area (Å²) in [5, 5.41) is 2.45. The molecule has 1 N–H and O–H groups in total. The Balaban J connectivity index is 2.27. The summed E-state index contributed by atoms with van der Waals surface area (Å²) in [5.41, 5.74) is -0.366. The highest BCUT2D eigenvalue weighted by Gasteiger charge is 2.31. The number of nitrogens with one attached hydrogen (secondary N) is 1. The maximum Gasteiger partial charge on any atom is 0.416 e. The molecule has 0 aliphatic rings. The fourth-order valence-corrected chi connectivity index (χ4v) is 1.93. The van der Waals surface area contributed by atoms with Crippen molar-refractivity contribution in [2.24, 2.45) is 0 Å². The summed E-state index contributed by atoms with van der Waals surface area (Å²) in [6.45, 7) is 0. The van der Waals surface area contributed by atoms with Crippen LogP contribution in [0.1, 0.15) is 15.9 Å². The molecule has 6 heteroatoms. The Labute approximate surface area is 121 Å².